The van der Waals surface area contributed by atoms with Crippen molar-refractivity contribution in [1.82, 2.24) is 10.2 Å². The maximum Gasteiger partial charge on any atom is 0.264 e. The van der Waals surface area contributed by atoms with Gasteiger partial charge in [-0.05, 0) is 36.1 Å². The minimum absolute atomic E-state index is 0.0523. The topological polar surface area (TPSA) is 69.7 Å². The number of rotatable bonds is 4. The Balaban J connectivity index is 1.66. The highest BCUT2D eigenvalue weighted by Gasteiger charge is 2.39. The van der Waals surface area contributed by atoms with Gasteiger partial charge in [0.1, 0.15) is 4.90 Å². The molecule has 0 aliphatic carbocycles. The number of amides is 1. The molecule has 2 fully saturated rings. The molecule has 2 aromatic carbocycles. The molecule has 6 nitrogen and oxygen atoms in total. The fourth-order valence-corrected chi connectivity index (χ4v) is 5.36. The lowest BCUT2D eigenvalue weighted by atomic mass is 10.0. The largest absolute Gasteiger partial charge is 0.338 e. The van der Waals surface area contributed by atoms with E-state index in [1.807, 2.05) is 6.07 Å². The van der Waals surface area contributed by atoms with E-state index in [0.29, 0.717) is 30.6 Å². The Labute approximate surface area is 159 Å². The van der Waals surface area contributed by atoms with Crippen LogP contribution in [-0.2, 0) is 10.0 Å². The van der Waals surface area contributed by atoms with Crippen LogP contribution >= 0.6 is 0 Å². The second-order valence-corrected chi connectivity index (χ2v) is 9.13. The average molecular weight is 385 g/mol. The second-order valence-electron chi connectivity index (χ2n) is 7.19. The number of anilines is 1. The molecule has 2 saturated heterocycles. The predicted octanol–water partition coefficient (Wildman–Crippen LogP) is 1.80. The molecule has 0 spiro atoms. The molecule has 0 saturated carbocycles. The van der Waals surface area contributed by atoms with E-state index in [2.05, 4.69) is 5.32 Å². The zero-order valence-corrected chi connectivity index (χ0v) is 16.0. The van der Waals surface area contributed by atoms with Gasteiger partial charge >= 0.3 is 0 Å². The first-order valence-corrected chi connectivity index (χ1v) is 10.6. The van der Waals surface area contributed by atoms with Crippen molar-refractivity contribution < 1.29 is 13.2 Å². The number of nitrogens with zero attached hydrogens (tertiary/aromatic N) is 2. The lowest BCUT2D eigenvalue weighted by molar-refractivity contribution is 0.0778. The van der Waals surface area contributed by atoms with Crippen molar-refractivity contribution in [2.75, 3.05) is 37.5 Å². The van der Waals surface area contributed by atoms with Crippen LogP contribution < -0.4 is 9.62 Å². The zero-order chi connectivity index (χ0) is 19.0. The van der Waals surface area contributed by atoms with Crippen molar-refractivity contribution in [3.63, 3.8) is 0 Å². The number of benzene rings is 2. The summed E-state index contributed by atoms with van der Waals surface area (Å²) in [7, 11) is -2.33. The van der Waals surface area contributed by atoms with Gasteiger partial charge in [-0.15, -0.1) is 0 Å². The number of carbonyl (C=O) groups is 1. The predicted molar refractivity (Wildman–Crippen MR) is 104 cm³/mol. The van der Waals surface area contributed by atoms with Crippen LogP contribution in [0.5, 0.6) is 0 Å². The molecule has 2 aliphatic rings. The number of hydrogen-bond donors (Lipinski definition) is 1. The summed E-state index contributed by atoms with van der Waals surface area (Å²) in [5, 5.41) is 3.35. The first kappa shape index (κ1) is 18.0. The molecule has 142 valence electrons. The lowest BCUT2D eigenvalue weighted by Gasteiger charge is -2.23. The third kappa shape index (κ3) is 3.21. The normalized spacial score (nSPS) is 21.9. The molecule has 2 aliphatic heterocycles. The average Bonchev–Trinajstić information content (AvgIpc) is 3.29. The van der Waals surface area contributed by atoms with E-state index in [1.165, 1.54) is 17.4 Å². The molecule has 1 N–H and O–H groups in total. The number of para-hydroxylation sites is 1. The van der Waals surface area contributed by atoms with Crippen LogP contribution in [0, 0.1) is 11.8 Å². The van der Waals surface area contributed by atoms with Crippen molar-refractivity contribution >= 4 is 21.6 Å². The number of sulfonamides is 1. The van der Waals surface area contributed by atoms with Crippen LogP contribution in [0.4, 0.5) is 5.69 Å². The van der Waals surface area contributed by atoms with E-state index in [0.717, 1.165) is 13.1 Å². The maximum atomic E-state index is 13.2. The van der Waals surface area contributed by atoms with Gasteiger partial charge in [0.05, 0.1) is 11.3 Å². The Hall–Kier alpha value is -2.38. The third-order valence-electron chi connectivity index (χ3n) is 5.55. The van der Waals surface area contributed by atoms with Crippen LogP contribution in [0.2, 0.25) is 0 Å². The lowest BCUT2D eigenvalue weighted by Crippen LogP contribution is -2.34. The summed E-state index contributed by atoms with van der Waals surface area (Å²) in [6, 6.07) is 15.4. The van der Waals surface area contributed by atoms with Crippen molar-refractivity contribution in [1.29, 1.82) is 0 Å². The summed E-state index contributed by atoms with van der Waals surface area (Å²) in [6.07, 6.45) is 0. The van der Waals surface area contributed by atoms with Gasteiger partial charge in [0.15, 0.2) is 0 Å². The van der Waals surface area contributed by atoms with Gasteiger partial charge in [-0.3, -0.25) is 9.10 Å². The summed E-state index contributed by atoms with van der Waals surface area (Å²) in [6.45, 7) is 3.20. The third-order valence-corrected chi connectivity index (χ3v) is 7.40. The van der Waals surface area contributed by atoms with E-state index in [9.17, 15) is 13.2 Å². The summed E-state index contributed by atoms with van der Waals surface area (Å²) in [4.78, 5) is 15.0. The molecule has 1 amide bonds. The van der Waals surface area contributed by atoms with E-state index in [1.54, 1.807) is 47.4 Å². The van der Waals surface area contributed by atoms with Gasteiger partial charge < -0.3 is 10.2 Å². The van der Waals surface area contributed by atoms with Crippen LogP contribution in [0.15, 0.2) is 59.5 Å². The number of likely N-dealkylation sites (tertiary alicyclic amines) is 1. The molecule has 0 aromatic heterocycles. The summed E-state index contributed by atoms with van der Waals surface area (Å²) in [5.41, 5.74) is 0.801. The molecular weight excluding hydrogens is 362 g/mol. The Morgan fingerprint density at radius 2 is 1.59 bits per heavy atom. The van der Waals surface area contributed by atoms with Crippen molar-refractivity contribution in [3.8, 4) is 0 Å². The SMILES string of the molecule is CN(c1ccccc1)S(=O)(=O)c1ccccc1C(=O)N1C[C@H]2CNC[C@H]2C1. The van der Waals surface area contributed by atoms with Gasteiger partial charge in [-0.1, -0.05) is 30.3 Å². The smallest absolute Gasteiger partial charge is 0.264 e. The molecule has 2 aromatic rings. The number of hydrogen-bond acceptors (Lipinski definition) is 4. The fraction of sp³-hybridized carbons (Fsp3) is 0.350. The summed E-state index contributed by atoms with van der Waals surface area (Å²) in [5.74, 6) is 0.722. The van der Waals surface area contributed by atoms with Crippen LogP contribution in [0.3, 0.4) is 0 Å². The van der Waals surface area contributed by atoms with Gasteiger partial charge in [-0.2, -0.15) is 0 Å². The highest BCUT2D eigenvalue weighted by atomic mass is 32.2. The van der Waals surface area contributed by atoms with Gasteiger partial charge in [0, 0.05) is 33.2 Å². The van der Waals surface area contributed by atoms with Crippen molar-refractivity contribution in [2.45, 2.75) is 4.90 Å². The minimum atomic E-state index is -3.84. The Kier molecular flexibility index (Phi) is 4.65. The van der Waals surface area contributed by atoms with Gasteiger partial charge in [0.2, 0.25) is 0 Å². The highest BCUT2D eigenvalue weighted by Crippen LogP contribution is 2.30. The molecule has 27 heavy (non-hydrogen) atoms. The Bertz CT molecular complexity index is 934. The van der Waals surface area contributed by atoms with E-state index >= 15 is 0 Å². The van der Waals surface area contributed by atoms with E-state index in [-0.39, 0.29) is 16.4 Å². The van der Waals surface area contributed by atoms with Crippen LogP contribution in [0.25, 0.3) is 0 Å². The second kappa shape index (κ2) is 6.98. The quantitative estimate of drug-likeness (QED) is 0.871. The molecule has 7 heteroatoms. The Morgan fingerprint density at radius 1 is 1.00 bits per heavy atom. The maximum absolute atomic E-state index is 13.2. The highest BCUT2D eigenvalue weighted by molar-refractivity contribution is 7.92. The molecule has 0 unspecified atom stereocenters. The first-order valence-electron chi connectivity index (χ1n) is 9.11. The Morgan fingerprint density at radius 3 is 2.26 bits per heavy atom. The number of fused-ring (bicyclic) bond motifs is 1. The monoisotopic (exact) mass is 385 g/mol. The molecule has 0 radical (unpaired) electrons. The number of nitrogens with one attached hydrogen (secondary N) is 1. The van der Waals surface area contributed by atoms with Gasteiger partial charge in [-0.25, -0.2) is 8.42 Å². The molecular formula is C20H23N3O3S. The van der Waals surface area contributed by atoms with Gasteiger partial charge in [0.25, 0.3) is 15.9 Å². The zero-order valence-electron chi connectivity index (χ0n) is 15.2. The van der Waals surface area contributed by atoms with Crippen molar-refractivity contribution in [3.05, 3.63) is 60.2 Å². The standard InChI is InChI=1S/C20H23N3O3S/c1-22(17-7-3-2-4-8-17)27(25,26)19-10-6-5-9-18(19)20(24)23-13-15-11-21-12-16(15)14-23/h2-10,15-16,21H,11-14H2,1H3/t15-,16+. The minimum Gasteiger partial charge on any atom is -0.338 e. The molecule has 2 heterocycles. The van der Waals surface area contributed by atoms with E-state index < -0.39 is 10.0 Å². The molecule has 0 bridgehead atoms. The molecule has 2 atom stereocenters. The summed E-state index contributed by atoms with van der Waals surface area (Å²) >= 11 is 0. The number of carbonyl (C=O) groups excluding carboxylic acids is 1. The first-order chi connectivity index (χ1) is 13.0. The summed E-state index contributed by atoms with van der Waals surface area (Å²) < 4.78 is 27.7. The van der Waals surface area contributed by atoms with Crippen LogP contribution in [0.1, 0.15) is 10.4 Å². The van der Waals surface area contributed by atoms with Crippen LogP contribution in [-0.4, -0.2) is 52.5 Å². The molecule has 4 rings (SSSR count). The van der Waals surface area contributed by atoms with E-state index in [4.69, 9.17) is 0 Å². The van der Waals surface area contributed by atoms with Crippen molar-refractivity contribution in [2.24, 2.45) is 11.8 Å². The fourth-order valence-electron chi connectivity index (χ4n) is 3.98.